The standard InChI is InChI=1S/C14H18N4O4S/c1-3-21-14(19)18-6-4-5-9(7-18)12-15-11(16-22-12)10-8-23-17-13(10)20-2/h8-9H,3-7H2,1-2H3. The Hall–Kier alpha value is -2.16. The molecule has 2 aromatic rings. The van der Waals surface area contributed by atoms with Gasteiger partial charge in [-0.2, -0.15) is 9.36 Å². The number of rotatable bonds is 4. The van der Waals surface area contributed by atoms with Crippen LogP contribution in [0.2, 0.25) is 0 Å². The second kappa shape index (κ2) is 6.95. The molecule has 1 atom stereocenters. The molecule has 1 unspecified atom stereocenters. The zero-order valence-electron chi connectivity index (χ0n) is 13.0. The summed E-state index contributed by atoms with van der Waals surface area (Å²) < 4.78 is 19.7. The quantitative estimate of drug-likeness (QED) is 0.846. The van der Waals surface area contributed by atoms with Gasteiger partial charge in [0.05, 0.1) is 25.2 Å². The summed E-state index contributed by atoms with van der Waals surface area (Å²) in [6.45, 7) is 3.39. The molecule has 8 nitrogen and oxygen atoms in total. The molecule has 124 valence electrons. The predicted molar refractivity (Wildman–Crippen MR) is 82.5 cm³/mol. The summed E-state index contributed by atoms with van der Waals surface area (Å²) >= 11 is 1.27. The Morgan fingerprint density at radius 2 is 2.43 bits per heavy atom. The summed E-state index contributed by atoms with van der Waals surface area (Å²) in [5.41, 5.74) is 0.713. The maximum atomic E-state index is 11.9. The third kappa shape index (κ3) is 3.29. The molecule has 1 aliphatic rings. The van der Waals surface area contributed by atoms with Crippen LogP contribution in [-0.4, -0.2) is 52.3 Å². The highest BCUT2D eigenvalue weighted by Gasteiger charge is 2.29. The van der Waals surface area contributed by atoms with E-state index in [1.54, 1.807) is 18.9 Å². The van der Waals surface area contributed by atoms with Crippen LogP contribution in [0.15, 0.2) is 9.90 Å². The molecule has 3 rings (SSSR count). The molecular formula is C14H18N4O4S. The number of carbonyl (C=O) groups excluding carboxylic acids is 1. The van der Waals surface area contributed by atoms with Gasteiger partial charge in [-0.1, -0.05) is 5.16 Å². The lowest BCUT2D eigenvalue weighted by molar-refractivity contribution is 0.0930. The molecule has 0 spiro atoms. The molecule has 23 heavy (non-hydrogen) atoms. The summed E-state index contributed by atoms with van der Waals surface area (Å²) in [5, 5.41) is 5.83. The zero-order valence-corrected chi connectivity index (χ0v) is 13.8. The molecule has 0 radical (unpaired) electrons. The van der Waals surface area contributed by atoms with Crippen molar-refractivity contribution < 1.29 is 18.8 Å². The normalized spacial score (nSPS) is 18.0. The SMILES string of the molecule is CCOC(=O)N1CCCC(c2nc(-c3csnc3OC)no2)C1. The van der Waals surface area contributed by atoms with Crippen molar-refractivity contribution in [2.24, 2.45) is 0 Å². The molecule has 1 saturated heterocycles. The van der Waals surface area contributed by atoms with Crippen LogP contribution in [0.25, 0.3) is 11.4 Å². The van der Waals surface area contributed by atoms with Crippen molar-refractivity contribution in [2.75, 3.05) is 26.8 Å². The van der Waals surface area contributed by atoms with Gasteiger partial charge >= 0.3 is 6.09 Å². The van der Waals surface area contributed by atoms with Gasteiger partial charge in [0.1, 0.15) is 0 Å². The third-order valence-corrected chi connectivity index (χ3v) is 4.32. The summed E-state index contributed by atoms with van der Waals surface area (Å²) in [6.07, 6.45) is 1.49. The first kappa shape index (κ1) is 15.7. The van der Waals surface area contributed by atoms with E-state index in [0.717, 1.165) is 12.8 Å². The topological polar surface area (TPSA) is 90.6 Å². The van der Waals surface area contributed by atoms with E-state index < -0.39 is 0 Å². The second-order valence-corrected chi connectivity index (χ2v) is 5.81. The van der Waals surface area contributed by atoms with Gasteiger partial charge in [0.25, 0.3) is 0 Å². The van der Waals surface area contributed by atoms with Crippen molar-refractivity contribution in [3.63, 3.8) is 0 Å². The zero-order chi connectivity index (χ0) is 16.2. The second-order valence-electron chi connectivity index (χ2n) is 5.18. The van der Waals surface area contributed by atoms with Gasteiger partial charge in [0.15, 0.2) is 0 Å². The maximum Gasteiger partial charge on any atom is 0.409 e. The lowest BCUT2D eigenvalue weighted by Gasteiger charge is -2.29. The molecule has 3 heterocycles. The van der Waals surface area contributed by atoms with E-state index in [1.807, 2.05) is 5.38 Å². The molecular weight excluding hydrogens is 320 g/mol. The Morgan fingerprint density at radius 3 is 3.22 bits per heavy atom. The summed E-state index contributed by atoms with van der Waals surface area (Å²) in [6, 6.07) is 0. The fraction of sp³-hybridized carbons (Fsp3) is 0.571. The average molecular weight is 338 g/mol. The Morgan fingerprint density at radius 1 is 1.57 bits per heavy atom. The van der Waals surface area contributed by atoms with E-state index in [1.165, 1.54) is 11.5 Å². The first-order chi connectivity index (χ1) is 11.2. The van der Waals surface area contributed by atoms with Gasteiger partial charge in [-0.05, 0) is 31.3 Å². The van der Waals surface area contributed by atoms with Crippen LogP contribution in [0.3, 0.4) is 0 Å². The largest absolute Gasteiger partial charge is 0.480 e. The van der Waals surface area contributed by atoms with Crippen LogP contribution in [0.1, 0.15) is 31.6 Å². The molecule has 0 saturated carbocycles. The van der Waals surface area contributed by atoms with Crippen LogP contribution >= 0.6 is 11.5 Å². The molecule has 9 heteroatoms. The van der Waals surface area contributed by atoms with E-state index >= 15 is 0 Å². The lowest BCUT2D eigenvalue weighted by Crippen LogP contribution is -2.39. The highest BCUT2D eigenvalue weighted by molar-refractivity contribution is 7.04. The first-order valence-corrected chi connectivity index (χ1v) is 8.30. The van der Waals surface area contributed by atoms with Gasteiger partial charge in [-0.3, -0.25) is 0 Å². The van der Waals surface area contributed by atoms with Gasteiger partial charge in [-0.25, -0.2) is 4.79 Å². The third-order valence-electron chi connectivity index (χ3n) is 3.71. The number of methoxy groups -OCH3 is 1. The van der Waals surface area contributed by atoms with E-state index in [-0.39, 0.29) is 12.0 Å². The molecule has 0 aromatic carbocycles. The number of carbonyl (C=O) groups is 1. The van der Waals surface area contributed by atoms with Crippen LogP contribution in [0.4, 0.5) is 4.79 Å². The molecule has 2 aromatic heterocycles. The summed E-state index contributed by atoms with van der Waals surface area (Å²) in [7, 11) is 1.55. The number of hydrogen-bond donors (Lipinski definition) is 0. The minimum absolute atomic E-state index is 0.0204. The van der Waals surface area contributed by atoms with Crippen LogP contribution < -0.4 is 4.74 Å². The predicted octanol–water partition coefficient (Wildman–Crippen LogP) is 2.54. The fourth-order valence-corrected chi connectivity index (χ4v) is 3.22. The van der Waals surface area contributed by atoms with Gasteiger partial charge in [0.2, 0.25) is 17.6 Å². The Bertz CT molecular complexity index is 671. The molecule has 0 bridgehead atoms. The number of ether oxygens (including phenoxy) is 2. The van der Waals surface area contributed by atoms with Crippen molar-refractivity contribution in [3.05, 3.63) is 11.3 Å². The molecule has 1 aliphatic heterocycles. The van der Waals surface area contributed by atoms with E-state index in [4.69, 9.17) is 14.0 Å². The average Bonchev–Trinajstić information content (AvgIpc) is 3.23. The van der Waals surface area contributed by atoms with Gasteiger partial charge in [-0.15, -0.1) is 0 Å². The molecule has 1 fully saturated rings. The van der Waals surface area contributed by atoms with Crippen LogP contribution in [-0.2, 0) is 4.74 Å². The highest BCUT2D eigenvalue weighted by Crippen LogP contribution is 2.31. The summed E-state index contributed by atoms with van der Waals surface area (Å²) in [4.78, 5) is 18.0. The van der Waals surface area contributed by atoms with E-state index in [0.29, 0.717) is 42.9 Å². The van der Waals surface area contributed by atoms with Crippen molar-refractivity contribution in [1.82, 2.24) is 19.4 Å². The fourth-order valence-electron chi connectivity index (χ4n) is 2.59. The van der Waals surface area contributed by atoms with Crippen molar-refractivity contribution in [2.45, 2.75) is 25.7 Å². The summed E-state index contributed by atoms with van der Waals surface area (Å²) in [5.74, 6) is 1.49. The number of hydrogen-bond acceptors (Lipinski definition) is 8. The number of likely N-dealkylation sites (tertiary alicyclic amines) is 1. The van der Waals surface area contributed by atoms with Crippen LogP contribution in [0.5, 0.6) is 5.88 Å². The van der Waals surface area contributed by atoms with Gasteiger partial charge < -0.3 is 18.9 Å². The lowest BCUT2D eigenvalue weighted by atomic mass is 9.98. The van der Waals surface area contributed by atoms with Crippen LogP contribution in [0, 0.1) is 0 Å². The number of piperidine rings is 1. The van der Waals surface area contributed by atoms with E-state index in [9.17, 15) is 4.79 Å². The number of amides is 1. The minimum Gasteiger partial charge on any atom is -0.480 e. The Labute approximate surface area is 137 Å². The van der Waals surface area contributed by atoms with Crippen molar-refractivity contribution >= 4 is 17.6 Å². The first-order valence-electron chi connectivity index (χ1n) is 7.47. The highest BCUT2D eigenvalue weighted by atomic mass is 32.1. The molecule has 0 aliphatic carbocycles. The Balaban J connectivity index is 1.74. The van der Waals surface area contributed by atoms with E-state index in [2.05, 4.69) is 14.5 Å². The molecule has 1 amide bonds. The Kier molecular flexibility index (Phi) is 4.75. The van der Waals surface area contributed by atoms with Crippen molar-refractivity contribution in [1.29, 1.82) is 0 Å². The smallest absolute Gasteiger partial charge is 0.409 e. The number of aromatic nitrogens is 3. The van der Waals surface area contributed by atoms with Crippen molar-refractivity contribution in [3.8, 4) is 17.3 Å². The number of nitrogens with zero attached hydrogens (tertiary/aromatic N) is 4. The van der Waals surface area contributed by atoms with Gasteiger partial charge in [0, 0.05) is 18.5 Å². The monoisotopic (exact) mass is 338 g/mol. The minimum atomic E-state index is -0.291. The molecule has 0 N–H and O–H groups in total. The maximum absolute atomic E-state index is 11.9.